The Morgan fingerprint density at radius 2 is 1.41 bits per heavy atom. The van der Waals surface area contributed by atoms with Crippen molar-refractivity contribution >= 4 is 22.9 Å². The number of aromatic nitrogens is 1. The summed E-state index contributed by atoms with van der Waals surface area (Å²) in [4.78, 5) is 29.7. The van der Waals surface area contributed by atoms with E-state index >= 15 is 0 Å². The van der Waals surface area contributed by atoms with E-state index in [2.05, 4.69) is 65.4 Å². The molecule has 5 aromatic rings. The maximum absolute atomic E-state index is 13.9. The van der Waals surface area contributed by atoms with Crippen LogP contribution in [0, 0.1) is 0 Å². The van der Waals surface area contributed by atoms with Gasteiger partial charge in [0.05, 0.1) is 6.61 Å². The lowest BCUT2D eigenvalue weighted by molar-refractivity contribution is -0.133. The van der Waals surface area contributed by atoms with Crippen molar-refractivity contribution in [2.75, 3.05) is 32.8 Å². The number of amides is 2. The topological polar surface area (TPSA) is 64.0 Å². The van der Waals surface area contributed by atoms with Gasteiger partial charge in [-0.25, -0.2) is 4.79 Å². The van der Waals surface area contributed by atoms with E-state index in [1.165, 1.54) is 5.56 Å². The van der Waals surface area contributed by atoms with E-state index in [-0.39, 0.29) is 17.9 Å². The number of rotatable bonds is 9. The molecule has 7 heteroatoms. The molecule has 0 spiro atoms. The zero-order valence-corrected chi connectivity index (χ0v) is 25.0. The summed E-state index contributed by atoms with van der Waals surface area (Å²) in [5.41, 5.74) is 4.46. The Balaban J connectivity index is 1.33. The minimum absolute atomic E-state index is 0.0628. The first-order valence-corrected chi connectivity index (χ1v) is 15.2. The lowest BCUT2D eigenvalue weighted by atomic mass is 9.87. The molecule has 0 unspecified atom stereocenters. The van der Waals surface area contributed by atoms with Crippen LogP contribution in [0.1, 0.15) is 36.0 Å². The summed E-state index contributed by atoms with van der Waals surface area (Å²) < 4.78 is 13.6. The van der Waals surface area contributed by atoms with Gasteiger partial charge in [0.1, 0.15) is 11.5 Å². The lowest BCUT2D eigenvalue weighted by Gasteiger charge is -2.34. The monoisotopic (exact) mass is 587 g/mol. The van der Waals surface area contributed by atoms with Crippen molar-refractivity contribution in [3.05, 3.63) is 132 Å². The maximum atomic E-state index is 13.9. The van der Waals surface area contributed by atoms with E-state index in [9.17, 15) is 9.59 Å². The second-order valence-electron chi connectivity index (χ2n) is 11.0. The van der Waals surface area contributed by atoms with Crippen LogP contribution in [-0.4, -0.2) is 59.2 Å². The number of nitrogens with zero attached hydrogens (tertiary/aromatic N) is 3. The fraction of sp³-hybridized carbons (Fsp3) is 0.243. The number of hydrogen-bond acceptors (Lipinski definition) is 4. The highest BCUT2D eigenvalue weighted by molar-refractivity contribution is 5.87. The van der Waals surface area contributed by atoms with Crippen LogP contribution >= 0.6 is 0 Å². The number of piperazine rings is 1. The molecule has 1 aliphatic rings. The van der Waals surface area contributed by atoms with E-state index in [0.717, 1.165) is 40.1 Å². The molecule has 0 saturated carbocycles. The third-order valence-corrected chi connectivity index (χ3v) is 8.17. The fourth-order valence-electron chi connectivity index (χ4n) is 5.95. The first kappa shape index (κ1) is 29.1. The first-order chi connectivity index (χ1) is 21.6. The smallest absolute Gasteiger partial charge is 0.409 e. The SMILES string of the molecule is CCOC(=O)N1CCN(C(=O)C[C@@H](c2cccc(Oc3ccccc3)c2)c2cn(Cc3ccccc3)c3ccccc23)CC1. The number of benzene rings is 4. The standard InChI is InChI=1S/C37H37N3O4/c1-2-43-37(42)39-22-20-38(21-23-39)36(41)25-33(29-14-11-17-31(24-29)44-30-15-7-4-8-16-30)34-27-40(26-28-12-5-3-6-13-28)35-19-10-9-18-32(34)35/h3-19,24,27,33H,2,20-23,25-26H2,1H3/t33-/m0/s1. The number of para-hydroxylation sites is 2. The van der Waals surface area contributed by atoms with Crippen LogP contribution in [0.3, 0.4) is 0 Å². The third kappa shape index (κ3) is 6.62. The van der Waals surface area contributed by atoms with E-state index in [1.54, 1.807) is 11.8 Å². The van der Waals surface area contributed by atoms with Gasteiger partial charge in [-0.1, -0.05) is 78.9 Å². The molecule has 224 valence electrons. The van der Waals surface area contributed by atoms with Crippen molar-refractivity contribution in [2.45, 2.75) is 25.8 Å². The predicted molar refractivity (Wildman–Crippen MR) is 172 cm³/mol. The van der Waals surface area contributed by atoms with Crippen LogP contribution < -0.4 is 4.74 Å². The van der Waals surface area contributed by atoms with Crippen molar-refractivity contribution in [3.8, 4) is 11.5 Å². The number of ether oxygens (including phenoxy) is 2. The quantitative estimate of drug-likeness (QED) is 0.182. The summed E-state index contributed by atoms with van der Waals surface area (Å²) in [6.45, 7) is 4.76. The molecular formula is C37H37N3O4. The van der Waals surface area contributed by atoms with Crippen LogP contribution in [0.15, 0.2) is 115 Å². The highest BCUT2D eigenvalue weighted by Crippen LogP contribution is 2.37. The molecule has 2 amide bonds. The van der Waals surface area contributed by atoms with Gasteiger partial charge in [0.2, 0.25) is 5.91 Å². The summed E-state index contributed by atoms with van der Waals surface area (Å²) in [7, 11) is 0. The molecule has 6 rings (SSSR count). The molecule has 0 radical (unpaired) electrons. The van der Waals surface area contributed by atoms with Gasteiger partial charge >= 0.3 is 6.09 Å². The normalized spacial score (nSPS) is 13.9. The fourth-order valence-corrected chi connectivity index (χ4v) is 5.95. The van der Waals surface area contributed by atoms with Crippen molar-refractivity contribution in [3.63, 3.8) is 0 Å². The van der Waals surface area contributed by atoms with Crippen molar-refractivity contribution in [2.24, 2.45) is 0 Å². The van der Waals surface area contributed by atoms with Crippen LogP contribution in [-0.2, 0) is 16.1 Å². The third-order valence-electron chi connectivity index (χ3n) is 8.17. The van der Waals surface area contributed by atoms with Gasteiger partial charge in [-0.2, -0.15) is 0 Å². The minimum Gasteiger partial charge on any atom is -0.457 e. The molecule has 4 aromatic carbocycles. The number of hydrogen-bond donors (Lipinski definition) is 0. The van der Waals surface area contributed by atoms with E-state index in [4.69, 9.17) is 9.47 Å². The molecule has 1 saturated heterocycles. The van der Waals surface area contributed by atoms with Crippen molar-refractivity contribution in [1.29, 1.82) is 0 Å². The molecule has 0 N–H and O–H groups in total. The van der Waals surface area contributed by atoms with Gasteiger partial charge in [0.15, 0.2) is 0 Å². The molecule has 7 nitrogen and oxygen atoms in total. The number of fused-ring (bicyclic) bond motifs is 1. The first-order valence-electron chi connectivity index (χ1n) is 15.2. The Kier molecular flexibility index (Phi) is 8.92. The van der Waals surface area contributed by atoms with Gasteiger partial charge in [0, 0.05) is 62.2 Å². The van der Waals surface area contributed by atoms with E-state index in [0.29, 0.717) is 39.2 Å². The highest BCUT2D eigenvalue weighted by atomic mass is 16.6. The Hall–Kier alpha value is -5.04. The van der Waals surface area contributed by atoms with Gasteiger partial charge < -0.3 is 23.8 Å². The summed E-state index contributed by atoms with van der Waals surface area (Å²) in [6.07, 6.45) is 2.19. The molecule has 0 aliphatic carbocycles. The van der Waals surface area contributed by atoms with Gasteiger partial charge in [0.25, 0.3) is 0 Å². The summed E-state index contributed by atoms with van der Waals surface area (Å²) in [5.74, 6) is 1.35. The van der Waals surface area contributed by atoms with Crippen LogP contribution in [0.4, 0.5) is 4.79 Å². The molecule has 1 fully saturated rings. The van der Waals surface area contributed by atoms with Gasteiger partial charge in [-0.05, 0) is 53.9 Å². The molecule has 2 heterocycles. The Morgan fingerprint density at radius 1 is 0.750 bits per heavy atom. The predicted octanol–water partition coefficient (Wildman–Crippen LogP) is 7.30. The van der Waals surface area contributed by atoms with Crippen molar-refractivity contribution in [1.82, 2.24) is 14.4 Å². The number of carbonyl (C=O) groups is 2. The van der Waals surface area contributed by atoms with Crippen LogP contribution in [0.25, 0.3) is 10.9 Å². The highest BCUT2D eigenvalue weighted by Gasteiger charge is 2.29. The summed E-state index contributed by atoms with van der Waals surface area (Å²) in [6, 6.07) is 36.6. The molecule has 1 aromatic heterocycles. The summed E-state index contributed by atoms with van der Waals surface area (Å²) in [5, 5.41) is 1.13. The van der Waals surface area contributed by atoms with Crippen LogP contribution in [0.2, 0.25) is 0 Å². The lowest BCUT2D eigenvalue weighted by Crippen LogP contribution is -2.50. The molecular weight excluding hydrogens is 550 g/mol. The zero-order valence-electron chi connectivity index (χ0n) is 25.0. The van der Waals surface area contributed by atoms with Gasteiger partial charge in [-0.3, -0.25) is 4.79 Å². The second kappa shape index (κ2) is 13.5. The number of carbonyl (C=O) groups excluding carboxylic acids is 2. The second-order valence-corrected chi connectivity index (χ2v) is 11.0. The Labute approximate surface area is 258 Å². The molecule has 1 atom stereocenters. The van der Waals surface area contributed by atoms with Crippen molar-refractivity contribution < 1.29 is 19.1 Å². The average Bonchev–Trinajstić information content (AvgIpc) is 3.42. The molecule has 1 aliphatic heterocycles. The Bertz CT molecular complexity index is 1710. The molecule has 0 bridgehead atoms. The Morgan fingerprint density at radius 3 is 2.16 bits per heavy atom. The average molecular weight is 588 g/mol. The summed E-state index contributed by atoms with van der Waals surface area (Å²) >= 11 is 0. The largest absolute Gasteiger partial charge is 0.457 e. The minimum atomic E-state index is -0.320. The van der Waals surface area contributed by atoms with Crippen LogP contribution in [0.5, 0.6) is 11.5 Å². The van der Waals surface area contributed by atoms with E-state index in [1.807, 2.05) is 59.5 Å². The van der Waals surface area contributed by atoms with E-state index < -0.39 is 0 Å². The molecule has 44 heavy (non-hydrogen) atoms. The van der Waals surface area contributed by atoms with Gasteiger partial charge in [-0.15, -0.1) is 0 Å². The maximum Gasteiger partial charge on any atom is 0.409 e. The zero-order chi connectivity index (χ0) is 30.3.